The molecule has 2 atom stereocenters. The molecule has 0 N–H and O–H groups in total. The van der Waals surface area contributed by atoms with Crippen LogP contribution in [0.2, 0.25) is 0 Å². The van der Waals surface area contributed by atoms with Gasteiger partial charge in [-0.05, 0) is 85.0 Å². The maximum atomic E-state index is 6.20. The lowest BCUT2D eigenvalue weighted by Crippen LogP contribution is -2.20. The first kappa shape index (κ1) is 24.5. The molecule has 1 aliphatic heterocycles. The molecule has 0 bridgehead atoms. The van der Waals surface area contributed by atoms with Gasteiger partial charge in [-0.25, -0.2) is 0 Å². The quantitative estimate of drug-likeness (QED) is 0.330. The molecule has 2 aromatic rings. The molecule has 1 heteroatoms. The molecule has 1 saturated carbocycles. The number of hydrogen-bond donors (Lipinski definition) is 0. The van der Waals surface area contributed by atoms with Crippen molar-refractivity contribution in [3.05, 3.63) is 59.7 Å². The first-order valence-electron chi connectivity index (χ1n) is 14.1. The van der Waals surface area contributed by atoms with Gasteiger partial charge in [-0.2, -0.15) is 0 Å². The number of ether oxygens (including phenoxy) is 1. The maximum absolute atomic E-state index is 6.20. The van der Waals surface area contributed by atoms with Crippen LogP contribution in [0.1, 0.15) is 120 Å². The van der Waals surface area contributed by atoms with Gasteiger partial charge in [0, 0.05) is 0 Å². The predicted molar refractivity (Wildman–Crippen MR) is 142 cm³/mol. The van der Waals surface area contributed by atoms with Gasteiger partial charge in [-0.3, -0.25) is 0 Å². The van der Waals surface area contributed by atoms with Gasteiger partial charge in [0.15, 0.2) is 0 Å². The zero-order valence-electron chi connectivity index (χ0n) is 21.2. The highest BCUT2D eigenvalue weighted by Crippen LogP contribution is 2.38. The predicted octanol–water partition coefficient (Wildman–Crippen LogP) is 9.87. The molecule has 1 aliphatic carbocycles. The van der Waals surface area contributed by atoms with Gasteiger partial charge >= 0.3 is 0 Å². The average molecular weight is 447 g/mol. The van der Waals surface area contributed by atoms with Crippen LogP contribution < -0.4 is 0 Å². The molecular weight excluding hydrogens is 400 g/mol. The Morgan fingerprint density at radius 3 is 1.82 bits per heavy atom. The van der Waals surface area contributed by atoms with Crippen LogP contribution in [0.3, 0.4) is 0 Å². The minimum Gasteiger partial charge on any atom is -0.373 e. The first-order chi connectivity index (χ1) is 16.3. The zero-order chi connectivity index (χ0) is 22.9. The Hall–Kier alpha value is -1.60. The summed E-state index contributed by atoms with van der Waals surface area (Å²) in [5.74, 6) is 2.53. The highest BCUT2D eigenvalue weighted by atomic mass is 16.5. The van der Waals surface area contributed by atoms with Crippen LogP contribution in [0.15, 0.2) is 48.5 Å². The Labute approximate surface area is 203 Å². The Morgan fingerprint density at radius 1 is 0.606 bits per heavy atom. The Bertz CT molecular complexity index is 789. The molecule has 33 heavy (non-hydrogen) atoms. The van der Waals surface area contributed by atoms with Crippen molar-refractivity contribution >= 4 is 0 Å². The normalized spacial score (nSPS) is 25.8. The van der Waals surface area contributed by atoms with Crippen LogP contribution in [0.4, 0.5) is 0 Å². The third-order valence-corrected chi connectivity index (χ3v) is 8.38. The minimum absolute atomic E-state index is 0.288. The zero-order valence-corrected chi connectivity index (χ0v) is 21.2. The number of benzene rings is 2. The molecule has 1 nitrogen and oxygen atoms in total. The van der Waals surface area contributed by atoms with Gasteiger partial charge in [-0.1, -0.05) is 101 Å². The van der Waals surface area contributed by atoms with Gasteiger partial charge in [0.1, 0.15) is 0 Å². The largest absolute Gasteiger partial charge is 0.373 e. The van der Waals surface area contributed by atoms with Crippen molar-refractivity contribution in [1.82, 2.24) is 0 Å². The molecule has 0 radical (unpaired) electrons. The Balaban J connectivity index is 1.26. The fraction of sp³-hybridized carbons (Fsp3) is 0.625. The second-order valence-electron chi connectivity index (χ2n) is 10.9. The van der Waals surface area contributed by atoms with Crippen molar-refractivity contribution < 1.29 is 4.74 Å². The van der Waals surface area contributed by atoms with Gasteiger partial charge in [-0.15, -0.1) is 0 Å². The Kier molecular flexibility index (Phi) is 9.47. The van der Waals surface area contributed by atoms with Crippen LogP contribution in [-0.4, -0.2) is 6.61 Å². The fourth-order valence-corrected chi connectivity index (χ4v) is 6.19. The second kappa shape index (κ2) is 12.7. The molecule has 2 aliphatic rings. The lowest BCUT2D eigenvalue weighted by atomic mass is 9.77. The third-order valence-electron chi connectivity index (χ3n) is 8.38. The van der Waals surface area contributed by atoms with E-state index in [1.165, 1.54) is 100 Å². The van der Waals surface area contributed by atoms with Crippen molar-refractivity contribution in [2.24, 2.45) is 11.8 Å². The van der Waals surface area contributed by atoms with E-state index >= 15 is 0 Å². The topological polar surface area (TPSA) is 9.23 Å². The maximum Gasteiger partial charge on any atom is 0.0825 e. The highest BCUT2D eigenvalue weighted by Gasteiger charge is 2.23. The van der Waals surface area contributed by atoms with Gasteiger partial charge in [0.05, 0.1) is 12.7 Å². The average Bonchev–Trinajstić information content (AvgIpc) is 2.88. The first-order valence-corrected chi connectivity index (χ1v) is 14.1. The smallest absolute Gasteiger partial charge is 0.0825 e. The number of rotatable bonds is 10. The lowest BCUT2D eigenvalue weighted by molar-refractivity contribution is -0.0194. The van der Waals surface area contributed by atoms with E-state index in [0.29, 0.717) is 0 Å². The van der Waals surface area contributed by atoms with Crippen molar-refractivity contribution in [2.45, 2.75) is 109 Å². The molecule has 2 fully saturated rings. The highest BCUT2D eigenvalue weighted by molar-refractivity contribution is 5.64. The van der Waals surface area contributed by atoms with Crippen molar-refractivity contribution in [3.63, 3.8) is 0 Å². The van der Waals surface area contributed by atoms with E-state index in [4.69, 9.17) is 4.74 Å². The summed E-state index contributed by atoms with van der Waals surface area (Å²) >= 11 is 0. The number of hydrogen-bond acceptors (Lipinski definition) is 1. The molecule has 0 amide bonds. The minimum atomic E-state index is 0.288. The molecular formula is C32H46O. The summed E-state index contributed by atoms with van der Waals surface area (Å²) in [6.07, 6.45) is 18.1. The van der Waals surface area contributed by atoms with Crippen molar-refractivity contribution in [2.75, 3.05) is 6.61 Å². The fourth-order valence-electron chi connectivity index (χ4n) is 6.19. The van der Waals surface area contributed by atoms with Crippen LogP contribution in [0, 0.1) is 11.8 Å². The van der Waals surface area contributed by atoms with Crippen LogP contribution in [0.25, 0.3) is 11.1 Å². The molecule has 0 aromatic heterocycles. The van der Waals surface area contributed by atoms with E-state index in [0.717, 1.165) is 24.4 Å². The van der Waals surface area contributed by atoms with E-state index in [1.807, 2.05) is 0 Å². The second-order valence-corrected chi connectivity index (χ2v) is 10.9. The summed E-state index contributed by atoms with van der Waals surface area (Å²) in [6, 6.07) is 18.6. The van der Waals surface area contributed by atoms with Crippen molar-refractivity contribution in [3.8, 4) is 11.1 Å². The summed E-state index contributed by atoms with van der Waals surface area (Å²) in [5.41, 5.74) is 5.55. The molecule has 2 aromatic carbocycles. The van der Waals surface area contributed by atoms with Gasteiger partial charge < -0.3 is 4.74 Å². The monoisotopic (exact) mass is 446 g/mol. The summed E-state index contributed by atoms with van der Waals surface area (Å²) in [5, 5.41) is 0. The molecule has 1 saturated heterocycles. The SMILES string of the molecule is CCCCCCC1CCC(c2ccc(-c3ccc(C4CCC(CCC)CO4)cc3)cc2)CC1. The molecule has 0 spiro atoms. The third kappa shape index (κ3) is 6.95. The van der Waals surface area contributed by atoms with Crippen LogP contribution >= 0.6 is 0 Å². The number of unbranched alkanes of at least 4 members (excludes halogenated alkanes) is 3. The molecule has 2 unspecified atom stereocenters. The molecule has 180 valence electrons. The van der Waals surface area contributed by atoms with E-state index in [-0.39, 0.29) is 6.10 Å². The van der Waals surface area contributed by atoms with E-state index < -0.39 is 0 Å². The lowest BCUT2D eigenvalue weighted by Gasteiger charge is -2.29. The summed E-state index contributed by atoms with van der Waals surface area (Å²) in [7, 11) is 0. The van der Waals surface area contributed by atoms with Crippen molar-refractivity contribution in [1.29, 1.82) is 0 Å². The Morgan fingerprint density at radius 2 is 1.24 bits per heavy atom. The van der Waals surface area contributed by atoms with E-state index in [2.05, 4.69) is 62.4 Å². The summed E-state index contributed by atoms with van der Waals surface area (Å²) < 4.78 is 6.20. The van der Waals surface area contributed by atoms with E-state index in [1.54, 1.807) is 5.56 Å². The molecule has 4 rings (SSSR count). The molecule has 1 heterocycles. The van der Waals surface area contributed by atoms with Gasteiger partial charge in [0.25, 0.3) is 0 Å². The van der Waals surface area contributed by atoms with Crippen LogP contribution in [-0.2, 0) is 4.74 Å². The standard InChI is InChI=1S/C32H46O/c1-3-5-6-7-9-25-10-13-27(14-11-25)28-15-17-29(18-16-28)30-19-21-31(22-20-30)32-23-12-26(8-4-2)24-33-32/h15-22,25-27,32H,3-14,23-24H2,1-2H3. The van der Waals surface area contributed by atoms with Crippen LogP contribution in [0.5, 0.6) is 0 Å². The van der Waals surface area contributed by atoms with Gasteiger partial charge in [0.2, 0.25) is 0 Å². The van der Waals surface area contributed by atoms with E-state index in [9.17, 15) is 0 Å². The summed E-state index contributed by atoms with van der Waals surface area (Å²) in [6.45, 7) is 5.51. The summed E-state index contributed by atoms with van der Waals surface area (Å²) in [4.78, 5) is 0.